The van der Waals surface area contributed by atoms with Crippen LogP contribution in [0, 0.1) is 0 Å². The van der Waals surface area contributed by atoms with Gasteiger partial charge in [0.25, 0.3) is 0 Å². The van der Waals surface area contributed by atoms with Gasteiger partial charge in [0.1, 0.15) is 5.82 Å². The summed E-state index contributed by atoms with van der Waals surface area (Å²) in [6.45, 7) is 0. The summed E-state index contributed by atoms with van der Waals surface area (Å²) in [5, 5.41) is 2.91. The van der Waals surface area contributed by atoms with Gasteiger partial charge in [0, 0.05) is 0 Å². The van der Waals surface area contributed by atoms with Crippen LogP contribution in [0.5, 0.6) is 0 Å². The number of nitrogens with two attached hydrogens (primary N) is 1. The molecule has 0 fully saturated rings. The number of nitrogens with one attached hydrogen (secondary N) is 2. The van der Waals surface area contributed by atoms with E-state index in [9.17, 15) is 0 Å². The monoisotopic (exact) mass is 142 g/mol. The zero-order chi connectivity index (χ0) is 6.69. The molecular weight excluding hydrogens is 136 g/mol. The molecule has 0 atom stereocenters. The van der Waals surface area contributed by atoms with Gasteiger partial charge in [-0.1, -0.05) is 0 Å². The first-order valence-electron chi connectivity index (χ1n) is 2.34. The predicted molar refractivity (Wildman–Crippen MR) is 39.0 cm³/mol. The molecule has 1 heterocycles. The average molecular weight is 142 g/mol. The third-order valence-corrected chi connectivity index (χ3v) is 0.858. The summed E-state index contributed by atoms with van der Waals surface area (Å²) in [7, 11) is 0. The van der Waals surface area contributed by atoms with Crippen LogP contribution in [0.25, 0.3) is 0 Å². The lowest BCUT2D eigenvalue weighted by molar-refractivity contribution is 1.31. The number of rotatable bonds is 1. The van der Waals surface area contributed by atoms with Crippen molar-refractivity contribution in [1.29, 1.82) is 0 Å². The summed E-state index contributed by atoms with van der Waals surface area (Å²) in [6.07, 6.45) is 3.14. The summed E-state index contributed by atoms with van der Waals surface area (Å²) in [4.78, 5) is 6.52. The molecular formula is C4H6N4S. The van der Waals surface area contributed by atoms with Crippen LogP contribution < -0.4 is 11.1 Å². The fourth-order valence-corrected chi connectivity index (χ4v) is 0.567. The lowest BCUT2D eigenvalue weighted by Gasteiger charge is -1.95. The van der Waals surface area contributed by atoms with Gasteiger partial charge in [-0.2, -0.15) is 0 Å². The van der Waals surface area contributed by atoms with Crippen LogP contribution in [-0.2, 0) is 0 Å². The first-order valence-corrected chi connectivity index (χ1v) is 2.74. The maximum atomic E-state index is 5.16. The number of anilines is 1. The molecule has 9 heavy (non-hydrogen) atoms. The zero-order valence-electron chi connectivity index (χ0n) is 4.59. The molecule has 0 aliphatic heterocycles. The van der Waals surface area contributed by atoms with Crippen LogP contribution in [0.3, 0.4) is 0 Å². The zero-order valence-corrected chi connectivity index (χ0v) is 5.40. The number of thiocarbonyl (C=S) groups is 1. The topological polar surface area (TPSA) is 66.7 Å². The Morgan fingerprint density at radius 1 is 1.89 bits per heavy atom. The van der Waals surface area contributed by atoms with Crippen molar-refractivity contribution in [3.05, 3.63) is 12.5 Å². The Bertz CT molecular complexity index is 192. The van der Waals surface area contributed by atoms with E-state index in [0.717, 1.165) is 0 Å². The summed E-state index contributed by atoms with van der Waals surface area (Å²) >= 11 is 4.56. The second-order valence-corrected chi connectivity index (χ2v) is 1.89. The molecule has 0 aliphatic rings. The van der Waals surface area contributed by atoms with Crippen molar-refractivity contribution in [3.8, 4) is 0 Å². The standard InChI is InChI=1S/C4H6N4S/c5-4(9)8-3-1-6-2-7-3/h1-2H,(H,6,7)(H3,5,8,9). The number of aromatic nitrogens is 2. The molecule has 0 radical (unpaired) electrons. The molecule has 0 aromatic carbocycles. The van der Waals surface area contributed by atoms with Crippen molar-refractivity contribution in [2.45, 2.75) is 0 Å². The molecule has 0 spiro atoms. The highest BCUT2D eigenvalue weighted by Gasteiger charge is 1.89. The molecule has 0 bridgehead atoms. The third kappa shape index (κ3) is 1.69. The van der Waals surface area contributed by atoms with E-state index in [2.05, 4.69) is 27.5 Å². The number of aromatic amines is 1. The minimum atomic E-state index is 0.235. The Morgan fingerprint density at radius 3 is 3.11 bits per heavy atom. The Balaban J connectivity index is 2.58. The minimum Gasteiger partial charge on any atom is -0.376 e. The smallest absolute Gasteiger partial charge is 0.169 e. The van der Waals surface area contributed by atoms with E-state index < -0.39 is 0 Å². The second kappa shape index (κ2) is 2.45. The van der Waals surface area contributed by atoms with E-state index in [1.165, 1.54) is 0 Å². The van der Waals surface area contributed by atoms with Gasteiger partial charge in [-0.25, -0.2) is 4.98 Å². The van der Waals surface area contributed by atoms with Crippen molar-refractivity contribution >= 4 is 23.1 Å². The lowest BCUT2D eigenvalue weighted by atomic mass is 10.7. The van der Waals surface area contributed by atoms with Gasteiger partial charge in [-0.3, -0.25) is 0 Å². The maximum Gasteiger partial charge on any atom is 0.169 e. The molecule has 1 aromatic rings. The molecule has 0 unspecified atom stereocenters. The second-order valence-electron chi connectivity index (χ2n) is 1.45. The van der Waals surface area contributed by atoms with Gasteiger partial charge < -0.3 is 16.0 Å². The van der Waals surface area contributed by atoms with Gasteiger partial charge in [0.2, 0.25) is 0 Å². The summed E-state index contributed by atoms with van der Waals surface area (Å²) in [6, 6.07) is 0. The number of hydrogen-bond donors (Lipinski definition) is 3. The number of nitrogens with zero attached hydrogens (tertiary/aromatic N) is 1. The van der Waals surface area contributed by atoms with Crippen molar-refractivity contribution in [1.82, 2.24) is 9.97 Å². The fourth-order valence-electron chi connectivity index (χ4n) is 0.457. The van der Waals surface area contributed by atoms with E-state index >= 15 is 0 Å². The molecule has 0 amide bonds. The third-order valence-electron chi connectivity index (χ3n) is 0.756. The SMILES string of the molecule is NC(=S)Nc1cnc[nH]1. The van der Waals surface area contributed by atoms with E-state index in [1.54, 1.807) is 12.5 Å². The molecule has 1 aromatic heterocycles. The average Bonchev–Trinajstić information content (AvgIpc) is 2.15. The Morgan fingerprint density at radius 2 is 2.67 bits per heavy atom. The Labute approximate surface area is 57.5 Å². The van der Waals surface area contributed by atoms with Gasteiger partial charge in [-0.05, 0) is 12.2 Å². The quantitative estimate of drug-likeness (QED) is 0.485. The summed E-state index contributed by atoms with van der Waals surface area (Å²) in [5.41, 5.74) is 5.16. The number of hydrogen-bond acceptors (Lipinski definition) is 2. The maximum absolute atomic E-state index is 5.16. The first kappa shape index (κ1) is 6.03. The minimum absolute atomic E-state index is 0.235. The highest BCUT2D eigenvalue weighted by Crippen LogP contribution is 1.95. The molecule has 48 valence electrons. The van der Waals surface area contributed by atoms with E-state index in [-0.39, 0.29) is 5.11 Å². The van der Waals surface area contributed by atoms with E-state index in [1.807, 2.05) is 0 Å². The van der Waals surface area contributed by atoms with Crippen LogP contribution in [0.15, 0.2) is 12.5 Å². The Kier molecular flexibility index (Phi) is 1.64. The molecule has 4 nitrogen and oxygen atoms in total. The van der Waals surface area contributed by atoms with Crippen LogP contribution in [0.4, 0.5) is 5.82 Å². The van der Waals surface area contributed by atoms with E-state index in [4.69, 9.17) is 5.73 Å². The van der Waals surface area contributed by atoms with Crippen LogP contribution >= 0.6 is 12.2 Å². The first-order chi connectivity index (χ1) is 4.29. The molecule has 0 aliphatic carbocycles. The number of H-pyrrole nitrogens is 1. The van der Waals surface area contributed by atoms with E-state index in [0.29, 0.717) is 5.82 Å². The van der Waals surface area contributed by atoms with Gasteiger partial charge in [0.15, 0.2) is 5.11 Å². The normalized spacial score (nSPS) is 8.89. The van der Waals surface area contributed by atoms with Gasteiger partial charge in [-0.15, -0.1) is 0 Å². The highest BCUT2D eigenvalue weighted by molar-refractivity contribution is 7.80. The van der Waals surface area contributed by atoms with Crippen molar-refractivity contribution in [2.24, 2.45) is 5.73 Å². The summed E-state index contributed by atoms with van der Waals surface area (Å²) in [5.74, 6) is 0.711. The van der Waals surface area contributed by atoms with Crippen molar-refractivity contribution in [3.63, 3.8) is 0 Å². The van der Waals surface area contributed by atoms with Crippen molar-refractivity contribution < 1.29 is 0 Å². The highest BCUT2D eigenvalue weighted by atomic mass is 32.1. The lowest BCUT2D eigenvalue weighted by Crippen LogP contribution is -2.18. The fraction of sp³-hybridized carbons (Fsp3) is 0. The van der Waals surface area contributed by atoms with Gasteiger partial charge in [0.05, 0.1) is 12.5 Å². The number of imidazole rings is 1. The summed E-state index contributed by atoms with van der Waals surface area (Å²) < 4.78 is 0. The molecule has 0 saturated carbocycles. The molecule has 4 N–H and O–H groups in total. The largest absolute Gasteiger partial charge is 0.376 e. The van der Waals surface area contributed by atoms with Crippen LogP contribution in [0.2, 0.25) is 0 Å². The molecule has 5 heteroatoms. The molecule has 0 saturated heterocycles. The van der Waals surface area contributed by atoms with Gasteiger partial charge >= 0.3 is 0 Å². The molecule has 1 rings (SSSR count). The predicted octanol–water partition coefficient (Wildman–Crippen LogP) is 0.0652. The van der Waals surface area contributed by atoms with Crippen LogP contribution in [0.1, 0.15) is 0 Å². The van der Waals surface area contributed by atoms with Crippen molar-refractivity contribution in [2.75, 3.05) is 5.32 Å². The Hall–Kier alpha value is -1.10. The van der Waals surface area contributed by atoms with Crippen LogP contribution in [-0.4, -0.2) is 15.1 Å².